The summed E-state index contributed by atoms with van der Waals surface area (Å²) in [5.74, 6) is -0.805. The molecular weight excluding hydrogens is 321 g/mol. The lowest BCUT2D eigenvalue weighted by Crippen LogP contribution is -2.18. The first-order valence-electron chi connectivity index (χ1n) is 5.65. The van der Waals surface area contributed by atoms with Crippen LogP contribution in [-0.2, 0) is 17.1 Å². The Morgan fingerprint density at radius 2 is 2.00 bits per heavy atom. The van der Waals surface area contributed by atoms with Crippen molar-refractivity contribution in [3.05, 3.63) is 51.7 Å². The van der Waals surface area contributed by atoms with Gasteiger partial charge in [0.25, 0.3) is 10.0 Å². The molecule has 0 fully saturated rings. The number of nitrogens with two attached hydrogens (primary N) is 1. The lowest BCUT2D eigenvalue weighted by molar-refractivity contribution is 0.600. The van der Waals surface area contributed by atoms with Crippen molar-refractivity contribution in [3.8, 4) is 0 Å². The predicted octanol–water partition coefficient (Wildman–Crippen LogP) is 1.56. The first kappa shape index (κ1) is 15.3. The van der Waals surface area contributed by atoms with Crippen LogP contribution in [-0.4, -0.2) is 13.0 Å². The van der Waals surface area contributed by atoms with Crippen molar-refractivity contribution in [2.24, 2.45) is 7.05 Å². The van der Waals surface area contributed by atoms with Crippen LogP contribution < -0.4 is 16.0 Å². The molecule has 6 nitrogen and oxygen atoms in total. The average Bonchev–Trinajstić information content (AvgIpc) is 2.37. The molecule has 0 atom stereocenters. The minimum absolute atomic E-state index is 0.163. The average molecular weight is 332 g/mol. The molecule has 0 spiro atoms. The monoisotopic (exact) mass is 331 g/mol. The fourth-order valence-electron chi connectivity index (χ4n) is 1.62. The lowest BCUT2D eigenvalue weighted by atomic mass is 10.3. The van der Waals surface area contributed by atoms with E-state index in [2.05, 4.69) is 4.72 Å². The van der Waals surface area contributed by atoms with Gasteiger partial charge < -0.3 is 10.3 Å². The third-order valence-corrected chi connectivity index (χ3v) is 4.52. The minimum atomic E-state index is -4.06. The normalized spacial score (nSPS) is 11.4. The molecule has 112 valence electrons. The third-order valence-electron chi connectivity index (χ3n) is 2.68. The molecule has 0 aliphatic heterocycles. The molecule has 1 aromatic heterocycles. The molecule has 0 aliphatic rings. The van der Waals surface area contributed by atoms with Crippen molar-refractivity contribution in [1.82, 2.24) is 4.57 Å². The topological polar surface area (TPSA) is 94.2 Å². The zero-order valence-electron chi connectivity index (χ0n) is 10.8. The van der Waals surface area contributed by atoms with Crippen molar-refractivity contribution in [2.45, 2.75) is 4.90 Å². The fourth-order valence-corrected chi connectivity index (χ4v) is 3.21. The van der Waals surface area contributed by atoms with Gasteiger partial charge in [-0.2, -0.15) is 0 Å². The number of sulfonamides is 1. The van der Waals surface area contributed by atoms with E-state index in [1.54, 1.807) is 0 Å². The summed E-state index contributed by atoms with van der Waals surface area (Å²) in [5, 5.41) is -0.293. The molecule has 3 N–H and O–H groups in total. The molecule has 0 aliphatic carbocycles. The number of hydrogen-bond donors (Lipinski definition) is 2. The quantitative estimate of drug-likeness (QED) is 0.834. The number of benzene rings is 1. The number of pyridine rings is 1. The summed E-state index contributed by atoms with van der Waals surface area (Å²) in [4.78, 5) is 10.9. The summed E-state index contributed by atoms with van der Waals surface area (Å²) in [6, 6.07) is 4.27. The maximum Gasteiger partial charge on any atom is 0.263 e. The number of halogens is 2. The van der Waals surface area contributed by atoms with Gasteiger partial charge in [-0.25, -0.2) is 12.8 Å². The summed E-state index contributed by atoms with van der Waals surface area (Å²) >= 11 is 5.74. The van der Waals surface area contributed by atoms with Crippen molar-refractivity contribution < 1.29 is 12.8 Å². The summed E-state index contributed by atoms with van der Waals surface area (Å²) in [6.07, 6.45) is 1.31. The van der Waals surface area contributed by atoms with Gasteiger partial charge >= 0.3 is 0 Å². The van der Waals surface area contributed by atoms with Crippen molar-refractivity contribution >= 4 is 33.0 Å². The lowest BCUT2D eigenvalue weighted by Gasteiger charge is -2.11. The van der Waals surface area contributed by atoms with Gasteiger partial charge in [-0.05, 0) is 18.2 Å². The van der Waals surface area contributed by atoms with Crippen molar-refractivity contribution in [1.29, 1.82) is 0 Å². The highest BCUT2D eigenvalue weighted by molar-refractivity contribution is 7.92. The summed E-state index contributed by atoms with van der Waals surface area (Å²) in [5.41, 5.74) is 4.89. The Hall–Kier alpha value is -2.06. The number of anilines is 2. The number of nitrogens with one attached hydrogen (secondary N) is 1. The molecule has 1 aromatic carbocycles. The van der Waals surface area contributed by atoms with E-state index in [-0.39, 0.29) is 26.9 Å². The number of aromatic nitrogens is 1. The van der Waals surface area contributed by atoms with E-state index in [0.29, 0.717) is 0 Å². The first-order chi connectivity index (χ1) is 9.70. The Kier molecular flexibility index (Phi) is 3.93. The summed E-state index contributed by atoms with van der Waals surface area (Å²) in [6.45, 7) is 0. The molecule has 0 bridgehead atoms. The van der Waals surface area contributed by atoms with Crippen LogP contribution in [0.4, 0.5) is 15.8 Å². The van der Waals surface area contributed by atoms with Crippen LogP contribution in [0.25, 0.3) is 0 Å². The number of hydrogen-bond acceptors (Lipinski definition) is 4. The molecule has 0 radical (unpaired) electrons. The predicted molar refractivity (Wildman–Crippen MR) is 78.3 cm³/mol. The van der Waals surface area contributed by atoms with Crippen LogP contribution >= 0.6 is 11.6 Å². The number of nitrogens with zero attached hydrogens (tertiary/aromatic N) is 1. The number of aryl methyl sites for hydroxylation is 1. The second kappa shape index (κ2) is 5.38. The van der Waals surface area contributed by atoms with Crippen LogP contribution in [0.1, 0.15) is 0 Å². The van der Waals surface area contributed by atoms with Crippen LogP contribution in [0.2, 0.25) is 5.02 Å². The molecular formula is C12H11ClFN3O3S. The fraction of sp³-hybridized carbons (Fsp3) is 0.0833. The smallest absolute Gasteiger partial charge is 0.263 e. The molecule has 2 rings (SSSR count). The highest BCUT2D eigenvalue weighted by atomic mass is 35.5. The highest BCUT2D eigenvalue weighted by Gasteiger charge is 2.20. The van der Waals surface area contributed by atoms with Gasteiger partial charge in [-0.3, -0.25) is 9.52 Å². The SMILES string of the molecule is Cn1cc(NS(=O)(=O)c2cc(N)c(F)cc2Cl)ccc1=O. The van der Waals surface area contributed by atoms with Crippen molar-refractivity contribution in [2.75, 3.05) is 10.5 Å². The third kappa shape index (κ3) is 3.17. The van der Waals surface area contributed by atoms with E-state index < -0.39 is 15.8 Å². The van der Waals surface area contributed by atoms with Gasteiger partial charge in [0.1, 0.15) is 10.7 Å². The number of nitrogen functional groups attached to an aromatic ring is 1. The molecule has 2 aromatic rings. The van der Waals surface area contributed by atoms with E-state index in [1.807, 2.05) is 0 Å². The largest absolute Gasteiger partial charge is 0.396 e. The Balaban J connectivity index is 2.45. The second-order valence-corrected chi connectivity index (χ2v) is 6.33. The van der Waals surface area contributed by atoms with Crippen LogP contribution in [0, 0.1) is 5.82 Å². The molecule has 1 heterocycles. The molecule has 21 heavy (non-hydrogen) atoms. The number of rotatable bonds is 3. The van der Waals surface area contributed by atoms with Gasteiger partial charge in [0.15, 0.2) is 0 Å². The molecule has 0 amide bonds. The van der Waals surface area contributed by atoms with Crippen molar-refractivity contribution in [3.63, 3.8) is 0 Å². The Morgan fingerprint density at radius 3 is 2.62 bits per heavy atom. The Labute approximate surface area is 125 Å². The first-order valence-corrected chi connectivity index (χ1v) is 7.51. The molecule has 0 saturated carbocycles. The van der Waals surface area contributed by atoms with Crippen LogP contribution in [0.5, 0.6) is 0 Å². The summed E-state index contributed by atoms with van der Waals surface area (Å²) < 4.78 is 41.1. The van der Waals surface area contributed by atoms with Crippen LogP contribution in [0.3, 0.4) is 0 Å². The van der Waals surface area contributed by atoms with Crippen LogP contribution in [0.15, 0.2) is 40.2 Å². The maximum atomic E-state index is 13.2. The molecule has 0 unspecified atom stereocenters. The minimum Gasteiger partial charge on any atom is -0.396 e. The van der Waals surface area contributed by atoms with Gasteiger partial charge in [0, 0.05) is 19.3 Å². The van der Waals surface area contributed by atoms with E-state index in [1.165, 1.54) is 29.9 Å². The zero-order valence-corrected chi connectivity index (χ0v) is 12.4. The van der Waals surface area contributed by atoms with E-state index >= 15 is 0 Å². The van der Waals surface area contributed by atoms with Gasteiger partial charge in [-0.1, -0.05) is 11.6 Å². The standard InChI is InChI=1S/C12H11ClFN3O3S/c1-17-6-7(2-3-12(17)18)16-21(19,20)11-5-10(15)9(14)4-8(11)13/h2-6,16H,15H2,1H3. The second-order valence-electron chi connectivity index (χ2n) is 4.28. The van der Waals surface area contributed by atoms with E-state index in [4.69, 9.17) is 17.3 Å². The Morgan fingerprint density at radius 1 is 1.33 bits per heavy atom. The maximum absolute atomic E-state index is 13.2. The van der Waals surface area contributed by atoms with Gasteiger partial charge in [0.2, 0.25) is 5.56 Å². The molecule has 9 heteroatoms. The zero-order chi connectivity index (χ0) is 15.8. The molecule has 0 saturated heterocycles. The van der Waals surface area contributed by atoms with E-state index in [0.717, 1.165) is 12.1 Å². The summed E-state index contributed by atoms with van der Waals surface area (Å²) in [7, 11) is -2.58. The van der Waals surface area contributed by atoms with E-state index in [9.17, 15) is 17.6 Å². The highest BCUT2D eigenvalue weighted by Crippen LogP contribution is 2.27. The van der Waals surface area contributed by atoms with Gasteiger partial charge in [0.05, 0.1) is 16.4 Å². The van der Waals surface area contributed by atoms with Gasteiger partial charge in [-0.15, -0.1) is 0 Å². The Bertz CT molecular complexity index is 865.